The van der Waals surface area contributed by atoms with Crippen LogP contribution in [0.15, 0.2) is 48.5 Å². The molecule has 0 saturated carbocycles. The normalized spacial score (nSPS) is 11.8. The molecule has 3 heteroatoms. The molecule has 174 valence electrons. The van der Waals surface area contributed by atoms with Gasteiger partial charge in [-0.15, -0.1) is 0 Å². The van der Waals surface area contributed by atoms with Gasteiger partial charge in [0.15, 0.2) is 5.11 Å². The lowest BCUT2D eigenvalue weighted by molar-refractivity contribution is 0.560. The lowest BCUT2D eigenvalue weighted by Gasteiger charge is -2.18. The molecule has 0 fully saturated rings. The average Bonchev–Trinajstić information content (AvgIpc) is 2.75. The first kappa shape index (κ1) is 25.0. The molecule has 0 aliphatic heterocycles. The minimum absolute atomic E-state index is 0.649. The number of thiocarbonyl (C=S) groups is 1. The van der Waals surface area contributed by atoms with E-state index >= 15 is 0 Å². The van der Waals surface area contributed by atoms with Crippen molar-refractivity contribution in [2.24, 2.45) is 5.92 Å². The number of nitrogens with one attached hydrogen (secondary N) is 2. The Morgan fingerprint density at radius 1 is 0.848 bits per heavy atom. The van der Waals surface area contributed by atoms with Crippen molar-refractivity contribution in [2.45, 2.75) is 67.9 Å². The Morgan fingerprint density at radius 3 is 2.09 bits per heavy atom. The molecule has 3 rings (SSSR count). The summed E-state index contributed by atoms with van der Waals surface area (Å²) in [6.45, 7) is 16.2. The minimum atomic E-state index is 0.649. The van der Waals surface area contributed by atoms with Crippen molar-refractivity contribution in [3.8, 4) is 11.1 Å². The van der Waals surface area contributed by atoms with Crippen LogP contribution in [0.25, 0.3) is 11.1 Å². The number of benzene rings is 3. The third kappa shape index (κ3) is 6.45. The maximum atomic E-state index is 5.56. The van der Waals surface area contributed by atoms with Crippen LogP contribution in [0.2, 0.25) is 0 Å². The molecular weight excluding hydrogens is 420 g/mol. The summed E-state index contributed by atoms with van der Waals surface area (Å²) in [7, 11) is 0. The molecule has 3 aromatic rings. The van der Waals surface area contributed by atoms with E-state index in [0.717, 1.165) is 12.1 Å². The highest BCUT2D eigenvalue weighted by atomic mass is 32.1. The van der Waals surface area contributed by atoms with Crippen LogP contribution in [-0.4, -0.2) is 5.11 Å². The van der Waals surface area contributed by atoms with Gasteiger partial charge in [-0.3, -0.25) is 0 Å². The second kappa shape index (κ2) is 11.0. The van der Waals surface area contributed by atoms with E-state index in [9.17, 15) is 0 Å². The molecule has 1 unspecified atom stereocenters. The lowest BCUT2D eigenvalue weighted by atomic mass is 9.89. The van der Waals surface area contributed by atoms with Gasteiger partial charge in [0.1, 0.15) is 0 Å². The highest BCUT2D eigenvalue weighted by Gasteiger charge is 2.12. The molecule has 0 bridgehead atoms. The van der Waals surface area contributed by atoms with E-state index in [1.807, 2.05) is 0 Å². The molecule has 3 aromatic carbocycles. The SMILES string of the molecule is CCC(C)Cc1ccc(NC(=S)NCc2cc(C)c(-c3c(C)cc(C)cc3C)cc2C)cc1. The summed E-state index contributed by atoms with van der Waals surface area (Å²) in [5.74, 6) is 0.712. The van der Waals surface area contributed by atoms with Crippen LogP contribution in [0.1, 0.15) is 59.2 Å². The average molecular weight is 459 g/mol. The fraction of sp³-hybridized carbons (Fsp3) is 0.367. The van der Waals surface area contributed by atoms with Gasteiger partial charge in [-0.1, -0.05) is 62.2 Å². The number of hydrogen-bond donors (Lipinski definition) is 2. The number of anilines is 1. The first-order chi connectivity index (χ1) is 15.7. The first-order valence-corrected chi connectivity index (χ1v) is 12.4. The zero-order valence-corrected chi connectivity index (χ0v) is 22.0. The Morgan fingerprint density at radius 2 is 1.48 bits per heavy atom. The van der Waals surface area contributed by atoms with Crippen molar-refractivity contribution in [3.05, 3.63) is 87.5 Å². The molecule has 0 heterocycles. The number of hydrogen-bond acceptors (Lipinski definition) is 1. The predicted octanol–water partition coefficient (Wildman–Crippen LogP) is 7.97. The van der Waals surface area contributed by atoms with Crippen LogP contribution in [0.5, 0.6) is 0 Å². The van der Waals surface area contributed by atoms with Crippen LogP contribution in [0, 0.1) is 40.5 Å². The second-order valence-corrected chi connectivity index (χ2v) is 10.00. The van der Waals surface area contributed by atoms with Crippen molar-refractivity contribution in [3.63, 3.8) is 0 Å². The maximum Gasteiger partial charge on any atom is 0.171 e. The summed E-state index contributed by atoms with van der Waals surface area (Å²) in [5.41, 5.74) is 12.9. The molecule has 0 spiro atoms. The molecule has 0 aliphatic carbocycles. The summed E-state index contributed by atoms with van der Waals surface area (Å²) < 4.78 is 0. The zero-order chi connectivity index (χ0) is 24.1. The van der Waals surface area contributed by atoms with Gasteiger partial charge in [0.25, 0.3) is 0 Å². The summed E-state index contributed by atoms with van der Waals surface area (Å²) in [6.07, 6.45) is 2.33. The quantitative estimate of drug-likeness (QED) is 0.351. The minimum Gasteiger partial charge on any atom is -0.358 e. The van der Waals surface area contributed by atoms with Gasteiger partial charge in [0.05, 0.1) is 0 Å². The van der Waals surface area contributed by atoms with Crippen molar-refractivity contribution < 1.29 is 0 Å². The lowest BCUT2D eigenvalue weighted by Crippen LogP contribution is -2.28. The van der Waals surface area contributed by atoms with E-state index < -0.39 is 0 Å². The van der Waals surface area contributed by atoms with E-state index in [2.05, 4.69) is 108 Å². The molecule has 1 atom stereocenters. The van der Waals surface area contributed by atoms with Crippen molar-refractivity contribution in [1.29, 1.82) is 0 Å². The number of aryl methyl sites for hydroxylation is 5. The van der Waals surface area contributed by atoms with E-state index in [0.29, 0.717) is 17.6 Å². The molecule has 33 heavy (non-hydrogen) atoms. The monoisotopic (exact) mass is 458 g/mol. The third-order valence-corrected chi connectivity index (χ3v) is 6.81. The largest absolute Gasteiger partial charge is 0.358 e. The zero-order valence-electron chi connectivity index (χ0n) is 21.2. The van der Waals surface area contributed by atoms with E-state index in [4.69, 9.17) is 12.2 Å². The van der Waals surface area contributed by atoms with E-state index in [1.165, 1.54) is 56.5 Å². The predicted molar refractivity (Wildman–Crippen MR) is 148 cm³/mol. The summed E-state index contributed by atoms with van der Waals surface area (Å²) in [4.78, 5) is 0. The van der Waals surface area contributed by atoms with Gasteiger partial charge in [0, 0.05) is 12.2 Å². The van der Waals surface area contributed by atoms with Gasteiger partial charge in [-0.05, 0) is 116 Å². The number of rotatable bonds is 7. The van der Waals surface area contributed by atoms with Gasteiger partial charge in [0.2, 0.25) is 0 Å². The Labute approximate surface area is 205 Å². The Bertz CT molecular complexity index is 1110. The smallest absolute Gasteiger partial charge is 0.171 e. The topological polar surface area (TPSA) is 24.1 Å². The van der Waals surface area contributed by atoms with Crippen LogP contribution < -0.4 is 10.6 Å². The van der Waals surface area contributed by atoms with Gasteiger partial charge < -0.3 is 10.6 Å². The standard InChI is InChI=1S/C30H38N2S/c1-8-19(2)15-25-9-11-27(12-10-25)32-30(33)31-18-26-16-22(5)28(17-21(26)4)29-23(6)13-20(3)14-24(29)7/h9-14,16-17,19H,8,15,18H2,1-7H3,(H2,31,32,33). The highest BCUT2D eigenvalue weighted by Crippen LogP contribution is 2.32. The van der Waals surface area contributed by atoms with Crippen LogP contribution in [0.4, 0.5) is 5.69 Å². The fourth-order valence-corrected chi connectivity index (χ4v) is 4.75. The van der Waals surface area contributed by atoms with E-state index in [-0.39, 0.29) is 0 Å². The first-order valence-electron chi connectivity index (χ1n) is 12.0. The van der Waals surface area contributed by atoms with Crippen molar-refractivity contribution in [2.75, 3.05) is 5.32 Å². The van der Waals surface area contributed by atoms with Gasteiger partial charge in [-0.25, -0.2) is 0 Å². The molecule has 0 radical (unpaired) electrons. The third-order valence-electron chi connectivity index (χ3n) is 6.56. The van der Waals surface area contributed by atoms with Gasteiger partial charge >= 0.3 is 0 Å². The molecular formula is C30H38N2S. The fourth-order valence-electron chi connectivity index (χ4n) is 4.56. The molecule has 0 aromatic heterocycles. The molecule has 0 amide bonds. The van der Waals surface area contributed by atoms with Crippen LogP contribution >= 0.6 is 12.2 Å². The Kier molecular flexibility index (Phi) is 8.31. The summed E-state index contributed by atoms with van der Waals surface area (Å²) >= 11 is 5.56. The Balaban J connectivity index is 1.66. The van der Waals surface area contributed by atoms with Crippen molar-refractivity contribution in [1.82, 2.24) is 5.32 Å². The van der Waals surface area contributed by atoms with Gasteiger partial charge in [-0.2, -0.15) is 0 Å². The highest BCUT2D eigenvalue weighted by molar-refractivity contribution is 7.80. The molecule has 2 N–H and O–H groups in total. The second-order valence-electron chi connectivity index (χ2n) is 9.59. The summed E-state index contributed by atoms with van der Waals surface area (Å²) in [5, 5.41) is 7.35. The molecule has 2 nitrogen and oxygen atoms in total. The molecule has 0 saturated heterocycles. The van der Waals surface area contributed by atoms with Crippen LogP contribution in [0.3, 0.4) is 0 Å². The Hall–Kier alpha value is -2.65. The van der Waals surface area contributed by atoms with E-state index in [1.54, 1.807) is 0 Å². The molecule has 0 aliphatic rings. The maximum absolute atomic E-state index is 5.56. The summed E-state index contributed by atoms with van der Waals surface area (Å²) in [6, 6.07) is 17.8. The van der Waals surface area contributed by atoms with Crippen LogP contribution in [-0.2, 0) is 13.0 Å². The van der Waals surface area contributed by atoms with Crippen molar-refractivity contribution >= 4 is 23.0 Å².